The third kappa shape index (κ3) is 7.14. The van der Waals surface area contributed by atoms with Gasteiger partial charge < -0.3 is 5.73 Å². The van der Waals surface area contributed by atoms with Crippen LogP contribution in [0.2, 0.25) is 0 Å². The minimum absolute atomic E-state index is 0.855. The molecule has 0 radical (unpaired) electrons. The fraction of sp³-hybridized carbons (Fsp3) is 0.667. The molecule has 0 aliphatic carbocycles. The Morgan fingerprint density at radius 3 is 2.89 bits per heavy atom. The summed E-state index contributed by atoms with van der Waals surface area (Å²) in [6.45, 7) is 2.98. The molecule has 0 aromatic heterocycles. The van der Waals surface area contributed by atoms with E-state index >= 15 is 0 Å². The Balaban J connectivity index is 3.04. The SMILES string of the molecule is CCCCN=CN=CN. The highest BCUT2D eigenvalue weighted by molar-refractivity contribution is 5.69. The predicted molar refractivity (Wildman–Crippen MR) is 40.9 cm³/mol. The summed E-state index contributed by atoms with van der Waals surface area (Å²) in [7, 11) is 0. The Hall–Kier alpha value is -0.860. The molecule has 0 saturated heterocycles. The second-order valence-electron chi connectivity index (χ2n) is 1.67. The monoisotopic (exact) mass is 127 g/mol. The number of nitrogens with zero attached hydrogens (tertiary/aromatic N) is 2. The van der Waals surface area contributed by atoms with Crippen molar-refractivity contribution in [2.24, 2.45) is 15.7 Å². The molecular weight excluding hydrogens is 114 g/mol. The number of hydrogen-bond acceptors (Lipinski definition) is 1. The zero-order valence-electron chi connectivity index (χ0n) is 5.75. The van der Waals surface area contributed by atoms with E-state index in [9.17, 15) is 0 Å². The van der Waals surface area contributed by atoms with Gasteiger partial charge in [-0.25, -0.2) is 4.99 Å². The molecule has 0 bridgehead atoms. The predicted octanol–water partition coefficient (Wildman–Crippen LogP) is 0.802. The van der Waals surface area contributed by atoms with E-state index in [1.807, 2.05) is 0 Å². The number of hydrogen-bond donors (Lipinski definition) is 1. The molecule has 0 atom stereocenters. The van der Waals surface area contributed by atoms with Crippen molar-refractivity contribution in [3.63, 3.8) is 0 Å². The normalized spacial score (nSPS) is 11.7. The van der Waals surface area contributed by atoms with Gasteiger partial charge in [-0.1, -0.05) is 13.3 Å². The highest BCUT2D eigenvalue weighted by atomic mass is 14.9. The van der Waals surface area contributed by atoms with Gasteiger partial charge in [0.25, 0.3) is 0 Å². The molecular formula is C6H13N3. The topological polar surface area (TPSA) is 50.7 Å². The number of aliphatic imine (C=N–C) groups is 2. The van der Waals surface area contributed by atoms with Crippen LogP contribution in [0.1, 0.15) is 19.8 Å². The van der Waals surface area contributed by atoms with Crippen molar-refractivity contribution in [2.45, 2.75) is 19.8 Å². The van der Waals surface area contributed by atoms with Crippen LogP contribution in [0.5, 0.6) is 0 Å². The Bertz CT molecular complexity index is 96.5. The molecule has 0 amide bonds. The molecule has 2 N–H and O–H groups in total. The van der Waals surface area contributed by atoms with Gasteiger partial charge in [0.1, 0.15) is 6.34 Å². The molecule has 0 heterocycles. The van der Waals surface area contributed by atoms with Crippen LogP contribution in [0.3, 0.4) is 0 Å². The van der Waals surface area contributed by atoms with Gasteiger partial charge in [0.05, 0.1) is 6.34 Å². The van der Waals surface area contributed by atoms with Crippen molar-refractivity contribution >= 4 is 12.7 Å². The van der Waals surface area contributed by atoms with Gasteiger partial charge >= 0.3 is 0 Å². The van der Waals surface area contributed by atoms with Crippen LogP contribution in [0.15, 0.2) is 9.98 Å². The largest absolute Gasteiger partial charge is 0.390 e. The van der Waals surface area contributed by atoms with Crippen LogP contribution in [0, 0.1) is 0 Å². The van der Waals surface area contributed by atoms with E-state index in [1.165, 1.54) is 19.1 Å². The van der Waals surface area contributed by atoms with E-state index < -0.39 is 0 Å². The van der Waals surface area contributed by atoms with Crippen molar-refractivity contribution in [3.05, 3.63) is 0 Å². The Labute approximate surface area is 55.7 Å². The van der Waals surface area contributed by atoms with E-state index in [-0.39, 0.29) is 0 Å². The quantitative estimate of drug-likeness (QED) is 0.339. The van der Waals surface area contributed by atoms with Gasteiger partial charge in [-0.15, -0.1) is 0 Å². The summed E-state index contributed by atoms with van der Waals surface area (Å²) in [5.41, 5.74) is 4.96. The molecule has 0 aromatic rings. The smallest absolute Gasteiger partial charge is 0.111 e. The van der Waals surface area contributed by atoms with Crippen molar-refractivity contribution in [1.29, 1.82) is 0 Å². The lowest BCUT2D eigenvalue weighted by Crippen LogP contribution is -1.88. The molecule has 52 valence electrons. The minimum Gasteiger partial charge on any atom is -0.390 e. The highest BCUT2D eigenvalue weighted by Gasteiger charge is 1.74. The fourth-order valence-electron chi connectivity index (χ4n) is 0.393. The summed E-state index contributed by atoms with van der Waals surface area (Å²) in [5.74, 6) is 0. The Kier molecular flexibility index (Phi) is 6.46. The first-order valence-corrected chi connectivity index (χ1v) is 3.13. The number of unbranched alkanes of at least 4 members (excludes halogenated alkanes) is 1. The van der Waals surface area contributed by atoms with Crippen molar-refractivity contribution < 1.29 is 0 Å². The summed E-state index contributed by atoms with van der Waals surface area (Å²) in [6.07, 6.45) is 5.01. The third-order valence-corrected chi connectivity index (χ3v) is 0.875. The van der Waals surface area contributed by atoms with Gasteiger partial charge in [-0.3, -0.25) is 4.99 Å². The molecule has 0 rings (SSSR count). The summed E-state index contributed by atoms with van der Waals surface area (Å²) < 4.78 is 0. The first kappa shape index (κ1) is 8.14. The van der Waals surface area contributed by atoms with Gasteiger partial charge in [-0.2, -0.15) is 0 Å². The molecule has 0 unspecified atom stereocenters. The van der Waals surface area contributed by atoms with E-state index in [1.54, 1.807) is 0 Å². The summed E-state index contributed by atoms with van der Waals surface area (Å²) in [4.78, 5) is 7.55. The zero-order chi connectivity index (χ0) is 6.95. The highest BCUT2D eigenvalue weighted by Crippen LogP contribution is 1.84. The molecule has 0 fully saturated rings. The maximum absolute atomic E-state index is 4.96. The lowest BCUT2D eigenvalue weighted by Gasteiger charge is -1.84. The molecule has 0 aliphatic rings. The maximum atomic E-state index is 4.96. The van der Waals surface area contributed by atoms with Gasteiger partial charge in [-0.05, 0) is 6.42 Å². The first-order chi connectivity index (χ1) is 4.41. The van der Waals surface area contributed by atoms with Crippen LogP contribution in [-0.4, -0.2) is 19.2 Å². The molecule has 0 aromatic carbocycles. The summed E-state index contributed by atoms with van der Waals surface area (Å²) in [6, 6.07) is 0. The van der Waals surface area contributed by atoms with Crippen LogP contribution < -0.4 is 5.73 Å². The molecule has 3 heteroatoms. The Morgan fingerprint density at radius 1 is 1.56 bits per heavy atom. The third-order valence-electron chi connectivity index (χ3n) is 0.875. The Morgan fingerprint density at radius 2 is 2.33 bits per heavy atom. The maximum Gasteiger partial charge on any atom is 0.111 e. The van der Waals surface area contributed by atoms with Gasteiger partial charge in [0, 0.05) is 6.54 Å². The van der Waals surface area contributed by atoms with Crippen molar-refractivity contribution in [2.75, 3.05) is 6.54 Å². The zero-order valence-corrected chi connectivity index (χ0v) is 5.75. The van der Waals surface area contributed by atoms with E-state index in [2.05, 4.69) is 16.9 Å². The molecule has 0 spiro atoms. The lowest BCUT2D eigenvalue weighted by atomic mass is 10.3. The van der Waals surface area contributed by atoms with Crippen molar-refractivity contribution in [3.8, 4) is 0 Å². The first-order valence-electron chi connectivity index (χ1n) is 3.13. The number of nitrogens with two attached hydrogens (primary N) is 1. The second-order valence-corrected chi connectivity index (χ2v) is 1.67. The average molecular weight is 127 g/mol. The van der Waals surface area contributed by atoms with E-state index in [0.717, 1.165) is 13.0 Å². The molecule has 0 aliphatic heterocycles. The second kappa shape index (κ2) is 7.14. The van der Waals surface area contributed by atoms with Gasteiger partial charge in [0.2, 0.25) is 0 Å². The summed E-state index contributed by atoms with van der Waals surface area (Å²) >= 11 is 0. The van der Waals surface area contributed by atoms with Crippen LogP contribution in [0.25, 0.3) is 0 Å². The van der Waals surface area contributed by atoms with Crippen LogP contribution >= 0.6 is 0 Å². The van der Waals surface area contributed by atoms with Crippen LogP contribution in [-0.2, 0) is 0 Å². The molecule has 9 heavy (non-hydrogen) atoms. The fourth-order valence-corrected chi connectivity index (χ4v) is 0.393. The average Bonchev–Trinajstić information content (AvgIpc) is 1.89. The lowest BCUT2D eigenvalue weighted by molar-refractivity contribution is 0.809. The standard InChI is InChI=1S/C6H13N3/c1-2-3-4-8-6-9-5-7/h5-6H,2-4H2,1H3,(H2,7,8,9). The number of rotatable bonds is 4. The van der Waals surface area contributed by atoms with E-state index in [4.69, 9.17) is 5.73 Å². The summed E-state index contributed by atoms with van der Waals surface area (Å²) in [5, 5.41) is 0. The van der Waals surface area contributed by atoms with Crippen LogP contribution in [0.4, 0.5) is 0 Å². The van der Waals surface area contributed by atoms with Gasteiger partial charge in [0.15, 0.2) is 0 Å². The minimum atomic E-state index is 0.855. The molecule has 3 nitrogen and oxygen atoms in total. The van der Waals surface area contributed by atoms with Crippen molar-refractivity contribution in [1.82, 2.24) is 0 Å². The van der Waals surface area contributed by atoms with E-state index in [0.29, 0.717) is 0 Å². The molecule has 0 saturated carbocycles.